The van der Waals surface area contributed by atoms with Crippen LogP contribution in [0.2, 0.25) is 0 Å². The third-order valence-electron chi connectivity index (χ3n) is 3.35. The SMILES string of the molecule is CCN(Cc1nccc(OC)c1OC)c1ccc(N)cc1. The molecule has 112 valence electrons. The maximum atomic E-state index is 5.74. The average molecular weight is 287 g/mol. The van der Waals surface area contributed by atoms with Gasteiger partial charge in [0.25, 0.3) is 0 Å². The lowest BCUT2D eigenvalue weighted by atomic mass is 10.2. The number of benzene rings is 1. The second-order valence-electron chi connectivity index (χ2n) is 4.60. The lowest BCUT2D eigenvalue weighted by Gasteiger charge is -2.24. The van der Waals surface area contributed by atoms with E-state index in [0.717, 1.165) is 23.6 Å². The molecule has 0 atom stereocenters. The highest BCUT2D eigenvalue weighted by Gasteiger charge is 2.14. The zero-order valence-electron chi connectivity index (χ0n) is 12.7. The molecule has 2 aromatic rings. The van der Waals surface area contributed by atoms with E-state index in [9.17, 15) is 0 Å². The molecule has 0 amide bonds. The van der Waals surface area contributed by atoms with Gasteiger partial charge in [0, 0.05) is 30.2 Å². The first-order valence-electron chi connectivity index (χ1n) is 6.86. The molecule has 2 rings (SSSR count). The minimum absolute atomic E-state index is 0.640. The molecule has 0 aliphatic rings. The van der Waals surface area contributed by atoms with Gasteiger partial charge >= 0.3 is 0 Å². The van der Waals surface area contributed by atoms with Crippen LogP contribution in [0, 0.1) is 0 Å². The van der Waals surface area contributed by atoms with Crippen LogP contribution in [0.5, 0.6) is 11.5 Å². The molecule has 0 aliphatic carbocycles. The number of hydrogen-bond acceptors (Lipinski definition) is 5. The van der Waals surface area contributed by atoms with Crippen molar-refractivity contribution in [1.29, 1.82) is 0 Å². The normalized spacial score (nSPS) is 10.2. The Kier molecular flexibility index (Phi) is 4.87. The lowest BCUT2D eigenvalue weighted by molar-refractivity contribution is 0.349. The summed E-state index contributed by atoms with van der Waals surface area (Å²) in [5.41, 5.74) is 8.43. The van der Waals surface area contributed by atoms with E-state index in [1.54, 1.807) is 26.5 Å². The number of nitrogen functional groups attached to an aromatic ring is 1. The van der Waals surface area contributed by atoms with E-state index >= 15 is 0 Å². The molecule has 1 aromatic carbocycles. The smallest absolute Gasteiger partial charge is 0.184 e. The maximum absolute atomic E-state index is 5.74. The highest BCUT2D eigenvalue weighted by molar-refractivity contribution is 5.54. The molecule has 0 aliphatic heterocycles. The number of ether oxygens (including phenoxy) is 2. The van der Waals surface area contributed by atoms with Crippen molar-refractivity contribution < 1.29 is 9.47 Å². The summed E-state index contributed by atoms with van der Waals surface area (Å²) in [7, 11) is 3.25. The fourth-order valence-electron chi connectivity index (χ4n) is 2.21. The molecular weight excluding hydrogens is 266 g/mol. The third kappa shape index (κ3) is 3.37. The molecule has 1 heterocycles. The van der Waals surface area contributed by atoms with Gasteiger partial charge in [-0.3, -0.25) is 4.98 Å². The Hall–Kier alpha value is -2.43. The van der Waals surface area contributed by atoms with Crippen LogP contribution in [0.1, 0.15) is 12.6 Å². The molecule has 0 bridgehead atoms. The summed E-state index contributed by atoms with van der Waals surface area (Å²) in [5, 5.41) is 0. The highest BCUT2D eigenvalue weighted by Crippen LogP contribution is 2.30. The maximum Gasteiger partial charge on any atom is 0.184 e. The summed E-state index contributed by atoms with van der Waals surface area (Å²) in [4.78, 5) is 6.62. The molecule has 5 heteroatoms. The summed E-state index contributed by atoms with van der Waals surface area (Å²) in [6.45, 7) is 3.59. The molecule has 0 saturated heterocycles. The predicted octanol–water partition coefficient (Wildman–Crippen LogP) is 2.71. The second-order valence-corrected chi connectivity index (χ2v) is 4.60. The largest absolute Gasteiger partial charge is 0.493 e. The summed E-state index contributed by atoms with van der Waals surface area (Å²) in [6.07, 6.45) is 1.73. The first-order valence-corrected chi connectivity index (χ1v) is 6.86. The number of rotatable bonds is 6. The molecule has 0 fully saturated rings. The Labute approximate surface area is 125 Å². The zero-order valence-corrected chi connectivity index (χ0v) is 12.7. The van der Waals surface area contributed by atoms with Crippen molar-refractivity contribution in [2.45, 2.75) is 13.5 Å². The molecule has 0 unspecified atom stereocenters. The molecule has 0 spiro atoms. The van der Waals surface area contributed by atoms with E-state index in [1.807, 2.05) is 24.3 Å². The topological polar surface area (TPSA) is 60.6 Å². The van der Waals surface area contributed by atoms with Gasteiger partial charge < -0.3 is 20.1 Å². The number of pyridine rings is 1. The van der Waals surface area contributed by atoms with Crippen LogP contribution in [0.3, 0.4) is 0 Å². The Balaban J connectivity index is 2.28. The molecule has 0 radical (unpaired) electrons. The molecule has 2 N–H and O–H groups in total. The number of methoxy groups -OCH3 is 2. The molecule has 1 aromatic heterocycles. The Morgan fingerprint density at radius 1 is 1.10 bits per heavy atom. The Morgan fingerprint density at radius 2 is 1.81 bits per heavy atom. The van der Waals surface area contributed by atoms with Crippen molar-refractivity contribution in [3.8, 4) is 11.5 Å². The summed E-state index contributed by atoms with van der Waals surface area (Å²) >= 11 is 0. The van der Waals surface area contributed by atoms with Crippen LogP contribution in [-0.4, -0.2) is 25.7 Å². The van der Waals surface area contributed by atoms with Gasteiger partial charge in [-0.1, -0.05) is 0 Å². The Morgan fingerprint density at radius 3 is 2.38 bits per heavy atom. The van der Waals surface area contributed by atoms with Crippen molar-refractivity contribution in [2.24, 2.45) is 0 Å². The van der Waals surface area contributed by atoms with Gasteiger partial charge in [0.05, 0.1) is 20.8 Å². The van der Waals surface area contributed by atoms with Crippen LogP contribution in [-0.2, 0) is 6.54 Å². The van der Waals surface area contributed by atoms with Crippen LogP contribution in [0.25, 0.3) is 0 Å². The van der Waals surface area contributed by atoms with Crippen molar-refractivity contribution >= 4 is 11.4 Å². The van der Waals surface area contributed by atoms with Gasteiger partial charge in [0.2, 0.25) is 0 Å². The Bertz CT molecular complexity index is 585. The third-order valence-corrected chi connectivity index (χ3v) is 3.35. The quantitative estimate of drug-likeness (QED) is 0.828. The summed E-state index contributed by atoms with van der Waals surface area (Å²) < 4.78 is 10.7. The molecule has 21 heavy (non-hydrogen) atoms. The van der Waals surface area contributed by atoms with Gasteiger partial charge in [-0.15, -0.1) is 0 Å². The number of nitrogens with two attached hydrogens (primary N) is 1. The van der Waals surface area contributed by atoms with E-state index in [4.69, 9.17) is 15.2 Å². The van der Waals surface area contributed by atoms with Crippen LogP contribution >= 0.6 is 0 Å². The van der Waals surface area contributed by atoms with Crippen molar-refractivity contribution in [3.63, 3.8) is 0 Å². The molecular formula is C16H21N3O2. The van der Waals surface area contributed by atoms with E-state index in [0.29, 0.717) is 18.0 Å². The van der Waals surface area contributed by atoms with E-state index in [2.05, 4.69) is 16.8 Å². The van der Waals surface area contributed by atoms with Crippen molar-refractivity contribution in [3.05, 3.63) is 42.2 Å². The first-order chi connectivity index (χ1) is 10.2. The van der Waals surface area contributed by atoms with Crippen molar-refractivity contribution in [1.82, 2.24) is 4.98 Å². The van der Waals surface area contributed by atoms with Gasteiger partial charge in [-0.2, -0.15) is 0 Å². The molecule has 5 nitrogen and oxygen atoms in total. The number of nitrogens with zero attached hydrogens (tertiary/aromatic N) is 2. The minimum atomic E-state index is 0.640. The summed E-state index contributed by atoms with van der Waals surface area (Å²) in [6, 6.07) is 9.60. The van der Waals surface area contributed by atoms with Gasteiger partial charge in [-0.25, -0.2) is 0 Å². The van der Waals surface area contributed by atoms with Gasteiger partial charge in [-0.05, 0) is 31.2 Å². The number of anilines is 2. The lowest BCUT2D eigenvalue weighted by Crippen LogP contribution is -2.23. The van der Waals surface area contributed by atoms with Crippen molar-refractivity contribution in [2.75, 3.05) is 31.4 Å². The number of hydrogen-bond donors (Lipinski definition) is 1. The fourth-order valence-corrected chi connectivity index (χ4v) is 2.21. The van der Waals surface area contributed by atoms with Gasteiger partial charge in [0.1, 0.15) is 5.69 Å². The van der Waals surface area contributed by atoms with Crippen LogP contribution < -0.4 is 20.1 Å². The van der Waals surface area contributed by atoms with E-state index in [1.165, 1.54) is 0 Å². The number of aromatic nitrogens is 1. The van der Waals surface area contributed by atoms with Crippen LogP contribution in [0.15, 0.2) is 36.5 Å². The predicted molar refractivity (Wildman–Crippen MR) is 84.9 cm³/mol. The fraction of sp³-hybridized carbons (Fsp3) is 0.312. The van der Waals surface area contributed by atoms with Crippen LogP contribution in [0.4, 0.5) is 11.4 Å². The minimum Gasteiger partial charge on any atom is -0.493 e. The average Bonchev–Trinajstić information content (AvgIpc) is 2.53. The van der Waals surface area contributed by atoms with E-state index < -0.39 is 0 Å². The monoisotopic (exact) mass is 287 g/mol. The highest BCUT2D eigenvalue weighted by atomic mass is 16.5. The second kappa shape index (κ2) is 6.83. The van der Waals surface area contributed by atoms with Gasteiger partial charge in [0.15, 0.2) is 11.5 Å². The standard InChI is InChI=1S/C16H21N3O2/c1-4-19(13-7-5-12(17)6-8-13)11-14-16(21-3)15(20-2)9-10-18-14/h5-10H,4,11,17H2,1-3H3. The first kappa shape index (κ1) is 15.0. The van der Waals surface area contributed by atoms with E-state index in [-0.39, 0.29) is 0 Å². The summed E-state index contributed by atoms with van der Waals surface area (Å²) in [5.74, 6) is 1.37. The zero-order chi connectivity index (χ0) is 15.2. The molecule has 0 saturated carbocycles.